The van der Waals surface area contributed by atoms with Crippen LogP contribution in [0.4, 0.5) is 0 Å². The van der Waals surface area contributed by atoms with Gasteiger partial charge in [-0.3, -0.25) is 9.59 Å². The molecule has 1 heterocycles. The normalized spacial score (nSPS) is 22.0. The van der Waals surface area contributed by atoms with E-state index in [9.17, 15) is 9.59 Å². The number of allylic oxidation sites excluding steroid dienone is 3. The number of rotatable bonds is 3. The van der Waals surface area contributed by atoms with E-state index in [0.29, 0.717) is 34.8 Å². The molecule has 2 aromatic carbocycles. The highest BCUT2D eigenvalue weighted by atomic mass is 35.5. The second-order valence-corrected chi connectivity index (χ2v) is 7.63. The highest BCUT2D eigenvalue weighted by Gasteiger charge is 2.41. The van der Waals surface area contributed by atoms with Gasteiger partial charge in [0.2, 0.25) is 0 Å². The van der Waals surface area contributed by atoms with Gasteiger partial charge in [-0.05, 0) is 36.1 Å². The number of halogens is 1. The quantitative estimate of drug-likeness (QED) is 0.826. The zero-order valence-corrected chi connectivity index (χ0v) is 16.2. The molecule has 5 heteroatoms. The molecule has 0 saturated heterocycles. The van der Waals surface area contributed by atoms with E-state index in [1.54, 1.807) is 12.1 Å². The van der Waals surface area contributed by atoms with Gasteiger partial charge >= 0.3 is 0 Å². The Morgan fingerprint density at radius 3 is 2.36 bits per heavy atom. The molecule has 2 atom stereocenters. The molecule has 0 bridgehead atoms. The summed E-state index contributed by atoms with van der Waals surface area (Å²) >= 11 is 6.02. The van der Waals surface area contributed by atoms with E-state index in [0.717, 1.165) is 11.1 Å². The predicted octanol–water partition coefficient (Wildman–Crippen LogP) is 4.61. The Bertz CT molecular complexity index is 1010. The molecule has 2 unspecified atom stereocenters. The van der Waals surface area contributed by atoms with Crippen molar-refractivity contribution in [2.24, 2.45) is 5.73 Å². The van der Waals surface area contributed by atoms with Gasteiger partial charge in [0.15, 0.2) is 17.4 Å². The third-order valence-electron chi connectivity index (χ3n) is 5.39. The lowest BCUT2D eigenvalue weighted by atomic mass is 9.73. The standard InChI is InChI=1S/C23H20ClNO3/c1-13(26)20-21(15-7-9-17(24)10-8-15)22-18(27)11-16(12-19(22)28-23(20)25)14-5-3-2-4-6-14/h2-10,16,21H,11-12,25H2,1H3. The molecular formula is C23H20ClNO3. The minimum absolute atomic E-state index is 0.0127. The lowest BCUT2D eigenvalue weighted by molar-refractivity contribution is -0.117. The number of carbonyl (C=O) groups is 2. The first kappa shape index (κ1) is 18.5. The predicted molar refractivity (Wildman–Crippen MR) is 108 cm³/mol. The van der Waals surface area contributed by atoms with Crippen molar-refractivity contribution in [1.29, 1.82) is 0 Å². The Labute approximate surface area is 168 Å². The van der Waals surface area contributed by atoms with Crippen LogP contribution in [0, 0.1) is 0 Å². The summed E-state index contributed by atoms with van der Waals surface area (Å²) in [7, 11) is 0. The summed E-state index contributed by atoms with van der Waals surface area (Å²) in [6.45, 7) is 1.44. The number of nitrogens with two attached hydrogens (primary N) is 1. The monoisotopic (exact) mass is 393 g/mol. The first-order valence-electron chi connectivity index (χ1n) is 9.20. The lowest BCUT2D eigenvalue weighted by Gasteiger charge is -2.35. The van der Waals surface area contributed by atoms with Gasteiger partial charge < -0.3 is 10.5 Å². The molecule has 1 aliphatic carbocycles. The van der Waals surface area contributed by atoms with Crippen LogP contribution in [0.5, 0.6) is 0 Å². The Hall–Kier alpha value is -2.85. The van der Waals surface area contributed by atoms with Crippen molar-refractivity contribution in [1.82, 2.24) is 0 Å². The van der Waals surface area contributed by atoms with E-state index in [2.05, 4.69) is 0 Å². The summed E-state index contributed by atoms with van der Waals surface area (Å²) in [4.78, 5) is 25.5. The minimum atomic E-state index is -0.525. The summed E-state index contributed by atoms with van der Waals surface area (Å²) in [6, 6.07) is 17.1. The number of ether oxygens (including phenoxy) is 1. The van der Waals surface area contributed by atoms with E-state index in [-0.39, 0.29) is 23.4 Å². The summed E-state index contributed by atoms with van der Waals surface area (Å²) in [5.41, 5.74) is 8.90. The fourth-order valence-electron chi connectivity index (χ4n) is 4.11. The summed E-state index contributed by atoms with van der Waals surface area (Å²) < 4.78 is 5.83. The number of ketones is 2. The molecule has 2 aliphatic rings. The maximum absolute atomic E-state index is 13.2. The van der Waals surface area contributed by atoms with E-state index in [4.69, 9.17) is 22.1 Å². The molecule has 0 radical (unpaired) electrons. The number of carbonyl (C=O) groups excluding carboxylic acids is 2. The SMILES string of the molecule is CC(=O)C1=C(N)OC2=C(C(=O)CC(c3ccccc3)C2)C1c1ccc(Cl)cc1. The first-order valence-corrected chi connectivity index (χ1v) is 9.58. The van der Waals surface area contributed by atoms with Gasteiger partial charge in [0.25, 0.3) is 0 Å². The van der Waals surface area contributed by atoms with Crippen LogP contribution in [-0.2, 0) is 14.3 Å². The Morgan fingerprint density at radius 2 is 1.71 bits per heavy atom. The van der Waals surface area contributed by atoms with Gasteiger partial charge in [0, 0.05) is 29.4 Å². The Morgan fingerprint density at radius 1 is 1.04 bits per heavy atom. The van der Waals surface area contributed by atoms with Crippen molar-refractivity contribution >= 4 is 23.2 Å². The Balaban J connectivity index is 1.81. The molecule has 4 nitrogen and oxygen atoms in total. The zero-order chi connectivity index (χ0) is 19.8. The second-order valence-electron chi connectivity index (χ2n) is 7.20. The third-order valence-corrected chi connectivity index (χ3v) is 5.65. The average Bonchev–Trinajstić information content (AvgIpc) is 2.67. The van der Waals surface area contributed by atoms with Crippen LogP contribution < -0.4 is 5.73 Å². The Kier molecular flexibility index (Phi) is 4.82. The van der Waals surface area contributed by atoms with E-state index in [1.807, 2.05) is 42.5 Å². The highest BCUT2D eigenvalue weighted by Crippen LogP contribution is 2.47. The average molecular weight is 394 g/mol. The lowest BCUT2D eigenvalue weighted by Crippen LogP contribution is -2.32. The van der Waals surface area contributed by atoms with Gasteiger partial charge in [0.05, 0.1) is 5.57 Å². The topological polar surface area (TPSA) is 69.4 Å². The molecule has 28 heavy (non-hydrogen) atoms. The molecule has 0 fully saturated rings. The van der Waals surface area contributed by atoms with Crippen LogP contribution in [0.3, 0.4) is 0 Å². The van der Waals surface area contributed by atoms with Crippen molar-refractivity contribution < 1.29 is 14.3 Å². The van der Waals surface area contributed by atoms with Crippen molar-refractivity contribution in [2.45, 2.75) is 31.6 Å². The van der Waals surface area contributed by atoms with Gasteiger partial charge in [-0.15, -0.1) is 0 Å². The summed E-state index contributed by atoms with van der Waals surface area (Å²) in [6.07, 6.45) is 0.947. The second kappa shape index (κ2) is 7.28. The summed E-state index contributed by atoms with van der Waals surface area (Å²) in [5, 5.41) is 0.588. The molecule has 0 amide bonds. The first-order chi connectivity index (χ1) is 13.5. The van der Waals surface area contributed by atoms with Gasteiger partial charge in [-0.2, -0.15) is 0 Å². The largest absolute Gasteiger partial charge is 0.445 e. The smallest absolute Gasteiger partial charge is 0.198 e. The molecular weight excluding hydrogens is 374 g/mol. The molecule has 2 N–H and O–H groups in total. The maximum Gasteiger partial charge on any atom is 0.198 e. The van der Waals surface area contributed by atoms with Crippen LogP contribution >= 0.6 is 11.6 Å². The zero-order valence-electron chi connectivity index (χ0n) is 15.4. The van der Waals surface area contributed by atoms with Crippen molar-refractivity contribution in [3.8, 4) is 0 Å². The molecule has 1 aliphatic heterocycles. The summed E-state index contributed by atoms with van der Waals surface area (Å²) in [5.74, 6) is -0.0729. The molecule has 0 saturated carbocycles. The van der Waals surface area contributed by atoms with E-state index >= 15 is 0 Å². The van der Waals surface area contributed by atoms with E-state index < -0.39 is 5.92 Å². The minimum Gasteiger partial charge on any atom is -0.445 e. The van der Waals surface area contributed by atoms with E-state index in [1.165, 1.54) is 6.92 Å². The van der Waals surface area contributed by atoms with Gasteiger partial charge in [-0.1, -0.05) is 54.1 Å². The van der Waals surface area contributed by atoms with Crippen LogP contribution in [-0.4, -0.2) is 11.6 Å². The maximum atomic E-state index is 13.2. The third kappa shape index (κ3) is 3.25. The highest BCUT2D eigenvalue weighted by molar-refractivity contribution is 6.30. The van der Waals surface area contributed by atoms with Gasteiger partial charge in [0.1, 0.15) is 5.76 Å². The van der Waals surface area contributed by atoms with Gasteiger partial charge in [-0.25, -0.2) is 0 Å². The number of hydrogen-bond donors (Lipinski definition) is 1. The number of Topliss-reactive ketones (excluding diaryl/α,β-unsaturated/α-hetero) is 2. The number of benzene rings is 2. The molecule has 142 valence electrons. The number of hydrogen-bond acceptors (Lipinski definition) is 4. The van der Waals surface area contributed by atoms with Crippen LogP contribution in [0.15, 0.2) is 77.4 Å². The van der Waals surface area contributed by atoms with Crippen molar-refractivity contribution in [3.63, 3.8) is 0 Å². The molecule has 0 spiro atoms. The fourth-order valence-corrected chi connectivity index (χ4v) is 4.24. The van der Waals surface area contributed by atoms with Crippen LogP contribution in [0.25, 0.3) is 0 Å². The van der Waals surface area contributed by atoms with Crippen molar-refractivity contribution in [3.05, 3.63) is 93.5 Å². The van der Waals surface area contributed by atoms with Crippen LogP contribution in [0.2, 0.25) is 5.02 Å². The molecule has 4 rings (SSSR count). The van der Waals surface area contributed by atoms with Crippen LogP contribution in [0.1, 0.15) is 42.7 Å². The fraction of sp³-hybridized carbons (Fsp3) is 0.217. The van der Waals surface area contributed by atoms with Crippen molar-refractivity contribution in [2.75, 3.05) is 0 Å². The molecule has 0 aromatic heterocycles. The molecule has 2 aromatic rings.